The summed E-state index contributed by atoms with van der Waals surface area (Å²) in [6, 6.07) is 5.75. The van der Waals surface area contributed by atoms with Crippen LogP contribution in [-0.2, 0) is 4.79 Å². The SMILES string of the molecule is CC(C)CSC1=NSC2=NC(=O)/C(=C\c3ccc(F)cc3)C(=N)N12. The average Bonchev–Trinajstić information content (AvgIpc) is 2.94. The number of benzene rings is 1. The quantitative estimate of drug-likeness (QED) is 0.656. The van der Waals surface area contributed by atoms with E-state index in [4.69, 9.17) is 5.41 Å². The monoisotopic (exact) mass is 362 g/mol. The Balaban J connectivity index is 1.89. The highest BCUT2D eigenvalue weighted by atomic mass is 32.2. The number of halogens is 1. The van der Waals surface area contributed by atoms with E-state index in [1.807, 2.05) is 0 Å². The molecule has 1 aromatic carbocycles. The number of aliphatic imine (C=N–C) groups is 1. The maximum Gasteiger partial charge on any atom is 0.283 e. The van der Waals surface area contributed by atoms with Crippen LogP contribution < -0.4 is 0 Å². The molecule has 0 unspecified atom stereocenters. The van der Waals surface area contributed by atoms with E-state index in [0.717, 1.165) is 17.7 Å². The fourth-order valence-electron chi connectivity index (χ4n) is 2.06. The number of hydrogen-bond donors (Lipinski definition) is 1. The maximum atomic E-state index is 13.0. The molecule has 0 aliphatic carbocycles. The first-order valence-electron chi connectivity index (χ1n) is 7.33. The molecule has 2 heterocycles. The van der Waals surface area contributed by atoms with Crippen LogP contribution in [0.1, 0.15) is 19.4 Å². The minimum atomic E-state index is -0.478. The molecule has 0 bridgehead atoms. The maximum absolute atomic E-state index is 13.0. The Morgan fingerprint density at radius 3 is 2.75 bits per heavy atom. The van der Waals surface area contributed by atoms with Crippen molar-refractivity contribution in [3.8, 4) is 0 Å². The number of nitrogens with one attached hydrogen (secondary N) is 1. The van der Waals surface area contributed by atoms with Gasteiger partial charge in [0.05, 0.1) is 17.5 Å². The molecular weight excluding hydrogens is 347 g/mol. The van der Waals surface area contributed by atoms with E-state index in [2.05, 4.69) is 23.2 Å². The summed E-state index contributed by atoms with van der Waals surface area (Å²) >= 11 is 2.65. The van der Waals surface area contributed by atoms with Gasteiger partial charge in [0.1, 0.15) is 11.7 Å². The van der Waals surface area contributed by atoms with Gasteiger partial charge in [-0.3, -0.25) is 10.2 Å². The largest absolute Gasteiger partial charge is 0.283 e. The highest BCUT2D eigenvalue weighted by molar-refractivity contribution is 8.19. The number of amides is 1. The lowest BCUT2D eigenvalue weighted by Gasteiger charge is -2.24. The molecule has 124 valence electrons. The third kappa shape index (κ3) is 3.44. The van der Waals surface area contributed by atoms with Crippen LogP contribution in [0.4, 0.5) is 4.39 Å². The second-order valence-corrected chi connectivity index (χ2v) is 7.38. The number of carbonyl (C=O) groups is 1. The molecule has 0 saturated carbocycles. The number of rotatable bonds is 3. The van der Waals surface area contributed by atoms with Crippen molar-refractivity contribution in [1.82, 2.24) is 4.90 Å². The first-order chi connectivity index (χ1) is 11.5. The number of fused-ring (bicyclic) bond motifs is 1. The number of thioether (sulfide) groups is 1. The van der Waals surface area contributed by atoms with E-state index in [9.17, 15) is 9.18 Å². The molecule has 0 saturated heterocycles. The molecule has 2 aliphatic heterocycles. The van der Waals surface area contributed by atoms with Gasteiger partial charge in [0.25, 0.3) is 5.91 Å². The number of amidine groups is 3. The van der Waals surface area contributed by atoms with Crippen molar-refractivity contribution in [2.24, 2.45) is 15.3 Å². The zero-order valence-electron chi connectivity index (χ0n) is 13.1. The summed E-state index contributed by atoms with van der Waals surface area (Å²) in [6.07, 6.45) is 1.55. The number of nitrogens with zero attached hydrogens (tertiary/aromatic N) is 3. The lowest BCUT2D eigenvalue weighted by Crippen LogP contribution is -2.41. The second kappa shape index (κ2) is 6.90. The van der Waals surface area contributed by atoms with Gasteiger partial charge in [0.2, 0.25) is 5.17 Å². The van der Waals surface area contributed by atoms with Gasteiger partial charge in [-0.15, -0.1) is 0 Å². The molecule has 1 aromatic rings. The minimum absolute atomic E-state index is 0.0503. The molecule has 0 aromatic heterocycles. The summed E-state index contributed by atoms with van der Waals surface area (Å²) in [5.41, 5.74) is 0.814. The molecule has 5 nitrogen and oxygen atoms in total. The summed E-state index contributed by atoms with van der Waals surface area (Å²) in [4.78, 5) is 17.8. The first-order valence-corrected chi connectivity index (χ1v) is 9.08. The van der Waals surface area contributed by atoms with Crippen LogP contribution in [0, 0.1) is 17.1 Å². The molecular formula is C16H15FN4OS2. The van der Waals surface area contributed by atoms with Crippen LogP contribution in [0.15, 0.2) is 39.2 Å². The van der Waals surface area contributed by atoms with Crippen molar-refractivity contribution in [2.75, 3.05) is 5.75 Å². The van der Waals surface area contributed by atoms with E-state index in [-0.39, 0.29) is 17.2 Å². The van der Waals surface area contributed by atoms with Crippen molar-refractivity contribution in [3.05, 3.63) is 41.2 Å². The normalized spacial score (nSPS) is 19.0. The molecule has 24 heavy (non-hydrogen) atoms. The Labute approximate surface area is 147 Å². The zero-order valence-corrected chi connectivity index (χ0v) is 14.7. The van der Waals surface area contributed by atoms with Crippen LogP contribution in [0.25, 0.3) is 6.08 Å². The molecule has 3 rings (SSSR count). The molecule has 0 fully saturated rings. The topological polar surface area (TPSA) is 68.9 Å². The van der Waals surface area contributed by atoms with Crippen LogP contribution in [0.2, 0.25) is 0 Å². The molecule has 1 N–H and O–H groups in total. The lowest BCUT2D eigenvalue weighted by atomic mass is 10.1. The fraction of sp³-hybridized carbons (Fsp3) is 0.250. The third-order valence-corrected chi connectivity index (χ3v) is 5.40. The third-order valence-electron chi connectivity index (χ3n) is 3.22. The van der Waals surface area contributed by atoms with Crippen molar-refractivity contribution in [2.45, 2.75) is 13.8 Å². The van der Waals surface area contributed by atoms with Crippen molar-refractivity contribution in [3.63, 3.8) is 0 Å². The van der Waals surface area contributed by atoms with E-state index in [0.29, 0.717) is 21.8 Å². The van der Waals surface area contributed by atoms with Crippen molar-refractivity contribution in [1.29, 1.82) is 5.41 Å². The van der Waals surface area contributed by atoms with Crippen molar-refractivity contribution >= 4 is 51.9 Å². The molecule has 0 radical (unpaired) electrons. The molecule has 1 amide bonds. The van der Waals surface area contributed by atoms with E-state index in [1.54, 1.807) is 23.1 Å². The fourth-order valence-corrected chi connectivity index (χ4v) is 3.86. The van der Waals surface area contributed by atoms with Crippen LogP contribution in [0.5, 0.6) is 0 Å². The Morgan fingerprint density at radius 2 is 2.08 bits per heavy atom. The van der Waals surface area contributed by atoms with Crippen molar-refractivity contribution < 1.29 is 9.18 Å². The summed E-state index contributed by atoms with van der Waals surface area (Å²) in [5, 5.41) is 9.46. The zero-order chi connectivity index (χ0) is 17.3. The number of hydrogen-bond acceptors (Lipinski definition) is 5. The van der Waals surface area contributed by atoms with Gasteiger partial charge in [-0.2, -0.15) is 9.39 Å². The summed E-state index contributed by atoms with van der Waals surface area (Å²) in [7, 11) is 0. The van der Waals surface area contributed by atoms with Gasteiger partial charge < -0.3 is 0 Å². The minimum Gasteiger partial charge on any atom is -0.283 e. The highest BCUT2D eigenvalue weighted by Gasteiger charge is 2.37. The Morgan fingerprint density at radius 1 is 1.38 bits per heavy atom. The molecule has 2 aliphatic rings. The highest BCUT2D eigenvalue weighted by Crippen LogP contribution is 2.32. The average molecular weight is 362 g/mol. The Bertz CT molecular complexity index is 784. The summed E-state index contributed by atoms with van der Waals surface area (Å²) in [5.74, 6) is 0.570. The van der Waals surface area contributed by atoms with E-state index in [1.165, 1.54) is 23.9 Å². The molecule has 8 heteroatoms. The first kappa shape index (κ1) is 16.9. The lowest BCUT2D eigenvalue weighted by molar-refractivity contribution is -0.114. The number of carbonyl (C=O) groups excluding carboxylic acids is 1. The van der Waals surface area contributed by atoms with Crippen LogP contribution in [-0.4, -0.2) is 32.7 Å². The smallest absolute Gasteiger partial charge is 0.283 e. The Kier molecular flexibility index (Phi) is 4.86. The molecule has 0 atom stereocenters. The van der Waals surface area contributed by atoms with Gasteiger partial charge in [-0.1, -0.05) is 37.7 Å². The standard InChI is InChI=1S/C16H15FN4OS2/c1-9(2)8-23-16-20-24-15-19-14(22)12(13(18)21(15)16)7-10-3-5-11(17)6-4-10/h3-7,9,18H,8H2,1-2H3/b12-7-,18-13?. The van der Waals surface area contributed by atoms with Gasteiger partial charge in [-0.05, 0) is 29.7 Å². The molecule has 0 spiro atoms. The van der Waals surface area contributed by atoms with Crippen LogP contribution in [0.3, 0.4) is 0 Å². The van der Waals surface area contributed by atoms with E-state index < -0.39 is 5.91 Å². The predicted octanol–water partition coefficient (Wildman–Crippen LogP) is 3.79. The van der Waals surface area contributed by atoms with Gasteiger partial charge in [0, 0.05) is 5.75 Å². The van der Waals surface area contributed by atoms with E-state index >= 15 is 0 Å². The summed E-state index contributed by atoms with van der Waals surface area (Å²) < 4.78 is 17.3. The second-order valence-electron chi connectivity index (χ2n) is 5.66. The predicted molar refractivity (Wildman–Crippen MR) is 98.7 cm³/mol. The van der Waals surface area contributed by atoms with Gasteiger partial charge >= 0.3 is 0 Å². The van der Waals surface area contributed by atoms with Crippen LogP contribution >= 0.6 is 23.7 Å². The van der Waals surface area contributed by atoms with Gasteiger partial charge in [0.15, 0.2) is 5.17 Å². The van der Waals surface area contributed by atoms with Gasteiger partial charge in [-0.25, -0.2) is 9.29 Å². The Hall–Kier alpha value is -1.93. The summed E-state index contributed by atoms with van der Waals surface area (Å²) in [6.45, 7) is 4.21.